The van der Waals surface area contributed by atoms with Crippen molar-refractivity contribution in [1.82, 2.24) is 15.1 Å². The van der Waals surface area contributed by atoms with Crippen molar-refractivity contribution in [1.29, 1.82) is 0 Å². The largest absolute Gasteiger partial charge is 0.460 e. The smallest absolute Gasteiger partial charge is 0.376 e. The number of aryl methyl sites for hydroxylation is 2. The fourth-order valence-electron chi connectivity index (χ4n) is 3.43. The van der Waals surface area contributed by atoms with E-state index in [1.807, 2.05) is 56.3 Å². The normalized spacial score (nSPS) is 11.0. The molecule has 7 nitrogen and oxygen atoms in total. The number of nitrogens with zero attached hydrogens (tertiary/aromatic N) is 3. The summed E-state index contributed by atoms with van der Waals surface area (Å²) in [4.78, 5) is 21.1. The monoisotopic (exact) mass is 436 g/mol. The van der Waals surface area contributed by atoms with Crippen molar-refractivity contribution in [3.63, 3.8) is 0 Å². The van der Waals surface area contributed by atoms with Crippen molar-refractivity contribution in [3.8, 4) is 11.1 Å². The first-order valence-electron chi connectivity index (χ1n) is 9.86. The van der Waals surface area contributed by atoms with Gasteiger partial charge in [-0.2, -0.15) is 0 Å². The molecule has 0 radical (unpaired) electrons. The highest BCUT2D eigenvalue weighted by molar-refractivity contribution is 6.30. The van der Waals surface area contributed by atoms with Crippen LogP contribution in [0, 0.1) is 13.8 Å². The lowest BCUT2D eigenvalue weighted by Crippen LogP contribution is -2.12. The van der Waals surface area contributed by atoms with Gasteiger partial charge in [-0.15, -0.1) is 0 Å². The molecular formula is C23H21ClN4O3. The van der Waals surface area contributed by atoms with Crippen LogP contribution in [0.1, 0.15) is 34.6 Å². The lowest BCUT2D eigenvalue weighted by molar-refractivity contribution is 0.0512. The van der Waals surface area contributed by atoms with Gasteiger partial charge in [0.1, 0.15) is 11.6 Å². The highest BCUT2D eigenvalue weighted by Gasteiger charge is 2.18. The number of fused-ring (bicyclic) bond motifs is 1. The summed E-state index contributed by atoms with van der Waals surface area (Å²) in [6, 6.07) is 13.3. The van der Waals surface area contributed by atoms with Crippen LogP contribution in [0.5, 0.6) is 0 Å². The number of esters is 1. The molecule has 0 fully saturated rings. The van der Waals surface area contributed by atoms with Gasteiger partial charge in [0.2, 0.25) is 5.82 Å². The summed E-state index contributed by atoms with van der Waals surface area (Å²) >= 11 is 6.10. The van der Waals surface area contributed by atoms with E-state index in [4.69, 9.17) is 20.9 Å². The highest BCUT2D eigenvalue weighted by atomic mass is 35.5. The summed E-state index contributed by atoms with van der Waals surface area (Å²) < 4.78 is 10.4. The summed E-state index contributed by atoms with van der Waals surface area (Å²) in [7, 11) is 0. The van der Waals surface area contributed by atoms with Crippen LogP contribution in [-0.2, 0) is 11.3 Å². The van der Waals surface area contributed by atoms with Crippen molar-refractivity contribution >= 4 is 34.3 Å². The molecule has 0 bridgehead atoms. The van der Waals surface area contributed by atoms with Crippen molar-refractivity contribution in [3.05, 3.63) is 70.3 Å². The highest BCUT2D eigenvalue weighted by Crippen LogP contribution is 2.31. The Morgan fingerprint density at radius 1 is 1.16 bits per heavy atom. The second-order valence-corrected chi connectivity index (χ2v) is 7.47. The summed E-state index contributed by atoms with van der Waals surface area (Å²) in [5.41, 5.74) is 4.27. The molecule has 158 valence electrons. The molecule has 4 rings (SSSR count). The van der Waals surface area contributed by atoms with E-state index in [-0.39, 0.29) is 12.4 Å². The molecule has 2 aromatic carbocycles. The molecule has 1 N–H and O–H groups in total. The molecule has 0 aliphatic carbocycles. The van der Waals surface area contributed by atoms with E-state index < -0.39 is 5.97 Å². The molecule has 31 heavy (non-hydrogen) atoms. The molecule has 0 spiro atoms. The maximum Gasteiger partial charge on any atom is 0.376 e. The van der Waals surface area contributed by atoms with E-state index >= 15 is 0 Å². The van der Waals surface area contributed by atoms with Gasteiger partial charge in [0.05, 0.1) is 17.8 Å². The number of ether oxygens (including phenoxy) is 1. The molecule has 0 aliphatic heterocycles. The number of hydrogen-bond donors (Lipinski definition) is 1. The molecule has 0 atom stereocenters. The van der Waals surface area contributed by atoms with Gasteiger partial charge in [0.25, 0.3) is 0 Å². The first-order valence-corrected chi connectivity index (χ1v) is 10.2. The Labute approximate surface area is 184 Å². The van der Waals surface area contributed by atoms with Crippen molar-refractivity contribution < 1.29 is 14.1 Å². The molecular weight excluding hydrogens is 416 g/mol. The Morgan fingerprint density at radius 2 is 2.00 bits per heavy atom. The van der Waals surface area contributed by atoms with E-state index in [1.165, 1.54) is 0 Å². The molecule has 8 heteroatoms. The maximum absolute atomic E-state index is 12.3. The first-order chi connectivity index (χ1) is 15.0. The Hall–Kier alpha value is -3.45. The van der Waals surface area contributed by atoms with Gasteiger partial charge >= 0.3 is 5.97 Å². The van der Waals surface area contributed by atoms with Gasteiger partial charge in [-0.05, 0) is 56.2 Å². The second kappa shape index (κ2) is 8.73. The second-order valence-electron chi connectivity index (χ2n) is 7.03. The van der Waals surface area contributed by atoms with Crippen molar-refractivity contribution in [2.75, 3.05) is 11.9 Å². The maximum atomic E-state index is 12.3. The minimum atomic E-state index is -0.565. The van der Waals surface area contributed by atoms with Gasteiger partial charge < -0.3 is 14.6 Å². The predicted molar refractivity (Wildman–Crippen MR) is 119 cm³/mol. The Morgan fingerprint density at radius 3 is 2.71 bits per heavy atom. The topological polar surface area (TPSA) is 90.1 Å². The molecule has 2 heterocycles. The number of anilines is 1. The van der Waals surface area contributed by atoms with Crippen molar-refractivity contribution in [2.24, 2.45) is 0 Å². The number of nitrogens with one attached hydrogen (secondary N) is 1. The van der Waals surface area contributed by atoms with Gasteiger partial charge in [-0.3, -0.25) is 0 Å². The molecule has 0 amide bonds. The predicted octanol–water partition coefficient (Wildman–Crippen LogP) is 5.34. The van der Waals surface area contributed by atoms with Gasteiger partial charge in [0.15, 0.2) is 0 Å². The van der Waals surface area contributed by atoms with Crippen LogP contribution in [0.25, 0.3) is 22.0 Å². The van der Waals surface area contributed by atoms with Gasteiger partial charge in [-0.25, -0.2) is 14.8 Å². The number of carbonyl (C=O) groups is 1. The average Bonchev–Trinajstić information content (AvgIpc) is 3.09. The van der Waals surface area contributed by atoms with Crippen LogP contribution in [0.15, 0.2) is 47.0 Å². The van der Waals surface area contributed by atoms with Crippen LogP contribution in [0.3, 0.4) is 0 Å². The van der Waals surface area contributed by atoms with E-state index in [0.717, 1.165) is 33.5 Å². The zero-order valence-electron chi connectivity index (χ0n) is 17.4. The van der Waals surface area contributed by atoms with E-state index in [9.17, 15) is 4.79 Å². The number of carbonyl (C=O) groups excluding carboxylic acids is 1. The zero-order valence-corrected chi connectivity index (χ0v) is 18.2. The average molecular weight is 437 g/mol. The number of hydrogen-bond acceptors (Lipinski definition) is 7. The minimum absolute atomic E-state index is 0.00744. The third-order valence-electron chi connectivity index (χ3n) is 4.82. The summed E-state index contributed by atoms with van der Waals surface area (Å²) in [6.07, 6.45) is 0. The van der Waals surface area contributed by atoms with Crippen LogP contribution in [0.4, 0.5) is 5.82 Å². The number of aromatic nitrogens is 3. The summed E-state index contributed by atoms with van der Waals surface area (Å²) in [5, 5.41) is 8.78. The van der Waals surface area contributed by atoms with E-state index in [2.05, 4.69) is 20.4 Å². The summed E-state index contributed by atoms with van der Waals surface area (Å²) in [6.45, 7) is 6.24. The standard InChI is InChI=1S/C23H21ClN4O3/c1-4-30-23(29)22-26-19-9-8-16(20-13(2)28-31-14(20)3)11-18(19)21(27-22)25-12-15-6-5-7-17(24)10-15/h5-11H,4,12H2,1-3H3,(H,25,26,27). The molecule has 0 saturated carbocycles. The number of halogens is 1. The van der Waals surface area contributed by atoms with Crippen LogP contribution < -0.4 is 5.32 Å². The van der Waals surface area contributed by atoms with Crippen LogP contribution in [0.2, 0.25) is 5.02 Å². The SMILES string of the molecule is CCOC(=O)c1nc(NCc2cccc(Cl)c2)c2cc(-c3c(C)noc3C)ccc2n1. The van der Waals surface area contributed by atoms with Crippen LogP contribution in [-0.4, -0.2) is 27.7 Å². The fraction of sp³-hybridized carbons (Fsp3) is 0.217. The van der Waals surface area contributed by atoms with Crippen LogP contribution >= 0.6 is 11.6 Å². The first kappa shape index (κ1) is 20.8. The van der Waals surface area contributed by atoms with Gasteiger partial charge in [0, 0.05) is 22.5 Å². The molecule has 4 aromatic rings. The quantitative estimate of drug-likeness (QED) is 0.408. The van der Waals surface area contributed by atoms with E-state index in [0.29, 0.717) is 22.9 Å². The third kappa shape index (κ3) is 4.36. The van der Waals surface area contributed by atoms with E-state index in [1.54, 1.807) is 6.92 Å². The molecule has 2 aromatic heterocycles. The fourth-order valence-corrected chi connectivity index (χ4v) is 3.65. The third-order valence-corrected chi connectivity index (χ3v) is 5.06. The number of benzene rings is 2. The van der Waals surface area contributed by atoms with Gasteiger partial charge in [-0.1, -0.05) is 35.0 Å². The Kier molecular flexibility index (Phi) is 5.86. The molecule has 0 aliphatic rings. The molecule has 0 unspecified atom stereocenters. The summed E-state index contributed by atoms with van der Waals surface area (Å²) in [5.74, 6) is 0.703. The van der Waals surface area contributed by atoms with Crippen molar-refractivity contribution in [2.45, 2.75) is 27.3 Å². The Bertz CT molecular complexity index is 1250. The molecule has 0 saturated heterocycles. The minimum Gasteiger partial charge on any atom is -0.460 e. The zero-order chi connectivity index (χ0) is 22.0. The lowest BCUT2D eigenvalue weighted by atomic mass is 10.0. The number of rotatable bonds is 6. The lowest BCUT2D eigenvalue weighted by Gasteiger charge is -2.12. The Balaban J connectivity index is 1.80.